The Morgan fingerprint density at radius 3 is 1.67 bits per heavy atom. The molecule has 0 aliphatic heterocycles. The average molecular weight is 766 g/mol. The van der Waals surface area contributed by atoms with Crippen molar-refractivity contribution in [2.75, 3.05) is 20.8 Å². The molecule has 1 N–H and O–H groups in total. The van der Waals surface area contributed by atoms with E-state index in [9.17, 15) is 31.1 Å². The number of nitrogens with zero attached hydrogens (tertiary/aromatic N) is 2. The van der Waals surface area contributed by atoms with E-state index in [4.69, 9.17) is 14.5 Å². The number of imidazole rings is 1. The minimum atomic E-state index is -5.06. The van der Waals surface area contributed by atoms with Gasteiger partial charge in [0.2, 0.25) is 0 Å². The lowest BCUT2D eigenvalue weighted by Crippen LogP contribution is -2.24. The third kappa shape index (κ3) is 10.7. The van der Waals surface area contributed by atoms with Gasteiger partial charge in [-0.25, -0.2) is 4.98 Å². The fourth-order valence-corrected chi connectivity index (χ4v) is 6.41. The number of nitrogens with one attached hydrogen (secondary N) is 1. The fourth-order valence-electron chi connectivity index (χ4n) is 6.41. The molecule has 1 aromatic heterocycles. The third-order valence-corrected chi connectivity index (χ3v) is 9.41. The molecule has 12 heteroatoms. The van der Waals surface area contributed by atoms with Gasteiger partial charge >= 0.3 is 12.4 Å². The molecule has 1 amide bonds. The summed E-state index contributed by atoms with van der Waals surface area (Å²) in [5.74, 6) is 0.747. The van der Waals surface area contributed by atoms with Crippen LogP contribution in [-0.2, 0) is 18.9 Å². The molecule has 55 heavy (non-hydrogen) atoms. The molecule has 0 bridgehead atoms. The first kappa shape index (κ1) is 40.9. The standard InChI is InChI=1S/C43H45F6N3O3/c1-4-5-6-7-8-9-10-11-24-50-41(53)32-14-12-29(13-15-32)28-52-39(31-18-22-37(55-3)23-19-31)38(30-16-20-36(54-2)21-17-30)51-40(52)33-25-34(42(44,45)46)27-35(26-33)43(47,48)49/h12-23,25-27H,4-11,24,28H2,1-3H3,(H,50,53). The molecule has 292 valence electrons. The number of rotatable bonds is 17. The van der Waals surface area contributed by atoms with Crippen molar-refractivity contribution in [2.45, 2.75) is 77.2 Å². The van der Waals surface area contributed by atoms with Crippen LogP contribution < -0.4 is 14.8 Å². The molecule has 0 saturated carbocycles. The second-order valence-corrected chi connectivity index (χ2v) is 13.4. The van der Waals surface area contributed by atoms with Crippen molar-refractivity contribution in [3.05, 3.63) is 113 Å². The molecule has 0 fully saturated rings. The van der Waals surface area contributed by atoms with Crippen molar-refractivity contribution in [2.24, 2.45) is 0 Å². The maximum absolute atomic E-state index is 14.1. The van der Waals surface area contributed by atoms with Gasteiger partial charge in [0.05, 0.1) is 36.7 Å². The van der Waals surface area contributed by atoms with Crippen molar-refractivity contribution in [1.29, 1.82) is 0 Å². The maximum Gasteiger partial charge on any atom is 0.416 e. The van der Waals surface area contributed by atoms with Gasteiger partial charge in [-0.05, 0) is 90.8 Å². The lowest BCUT2D eigenvalue weighted by molar-refractivity contribution is -0.143. The highest BCUT2D eigenvalue weighted by Gasteiger charge is 2.38. The van der Waals surface area contributed by atoms with Gasteiger partial charge in [0.25, 0.3) is 5.91 Å². The lowest BCUT2D eigenvalue weighted by Gasteiger charge is -2.17. The number of amides is 1. The van der Waals surface area contributed by atoms with Crippen LogP contribution in [0.3, 0.4) is 0 Å². The Labute approximate surface area is 317 Å². The minimum Gasteiger partial charge on any atom is -0.497 e. The van der Waals surface area contributed by atoms with Crippen molar-refractivity contribution in [3.8, 4) is 45.4 Å². The number of methoxy groups -OCH3 is 2. The zero-order valence-corrected chi connectivity index (χ0v) is 31.1. The van der Waals surface area contributed by atoms with Gasteiger partial charge in [-0.15, -0.1) is 0 Å². The van der Waals surface area contributed by atoms with Crippen molar-refractivity contribution in [3.63, 3.8) is 0 Å². The Hall–Kier alpha value is -5.26. The topological polar surface area (TPSA) is 65.4 Å². The third-order valence-electron chi connectivity index (χ3n) is 9.41. The SMILES string of the molecule is CCCCCCCCCCNC(=O)c1ccc(Cn2c(-c3cc(C(F)(F)F)cc(C(F)(F)F)c3)nc(-c3ccc(OC)cc3)c2-c2ccc(OC)cc2)cc1. The molecule has 0 unspecified atom stereocenters. The number of aromatic nitrogens is 2. The van der Waals surface area contributed by atoms with Gasteiger partial charge in [-0.2, -0.15) is 26.3 Å². The predicted molar refractivity (Wildman–Crippen MR) is 202 cm³/mol. The average Bonchev–Trinajstić information content (AvgIpc) is 3.55. The molecule has 6 nitrogen and oxygen atoms in total. The number of unbranched alkanes of at least 4 members (excludes halogenated alkanes) is 7. The number of hydrogen-bond donors (Lipinski definition) is 1. The minimum absolute atomic E-state index is 0.00238. The van der Waals surface area contributed by atoms with Crippen LogP contribution in [-0.4, -0.2) is 36.2 Å². The summed E-state index contributed by atoms with van der Waals surface area (Å²) in [6.07, 6.45) is -0.958. The van der Waals surface area contributed by atoms with Gasteiger partial charge in [0.15, 0.2) is 0 Å². The molecular formula is C43H45F6N3O3. The summed E-state index contributed by atoms with van der Waals surface area (Å²) in [6.45, 7) is 2.73. The van der Waals surface area contributed by atoms with Crippen LogP contribution >= 0.6 is 0 Å². The van der Waals surface area contributed by atoms with E-state index in [1.807, 2.05) is 0 Å². The van der Waals surface area contributed by atoms with E-state index in [0.29, 0.717) is 63.8 Å². The molecule has 0 aliphatic carbocycles. The van der Waals surface area contributed by atoms with Gasteiger partial charge in [-0.3, -0.25) is 4.79 Å². The van der Waals surface area contributed by atoms with Crippen LogP contribution in [0.5, 0.6) is 11.5 Å². The fraction of sp³-hybridized carbons (Fsp3) is 0.349. The number of halogens is 6. The van der Waals surface area contributed by atoms with E-state index in [1.165, 1.54) is 46.3 Å². The lowest BCUT2D eigenvalue weighted by atomic mass is 10.0. The van der Waals surface area contributed by atoms with Gasteiger partial charge < -0.3 is 19.4 Å². The molecule has 5 rings (SSSR count). The van der Waals surface area contributed by atoms with Crippen LogP contribution in [0.4, 0.5) is 26.3 Å². The van der Waals surface area contributed by atoms with Gasteiger partial charge in [0.1, 0.15) is 17.3 Å². The number of ether oxygens (including phenoxy) is 2. The largest absolute Gasteiger partial charge is 0.497 e. The molecule has 4 aromatic carbocycles. The second-order valence-electron chi connectivity index (χ2n) is 13.4. The normalized spacial score (nSPS) is 11.8. The zero-order valence-electron chi connectivity index (χ0n) is 31.1. The van der Waals surface area contributed by atoms with Crippen LogP contribution in [0.1, 0.15) is 85.3 Å². The molecule has 0 saturated heterocycles. The highest BCUT2D eigenvalue weighted by Crippen LogP contribution is 2.42. The van der Waals surface area contributed by atoms with Crippen LogP contribution in [0.15, 0.2) is 91.0 Å². The Kier molecular flexibility index (Phi) is 13.7. The van der Waals surface area contributed by atoms with Crippen molar-refractivity contribution in [1.82, 2.24) is 14.9 Å². The molecule has 1 heterocycles. The molecule has 0 atom stereocenters. The highest BCUT2D eigenvalue weighted by molar-refractivity contribution is 5.94. The number of alkyl halides is 6. The Bertz CT molecular complexity index is 1970. The quantitative estimate of drug-likeness (QED) is 0.0756. The van der Waals surface area contributed by atoms with Crippen LogP contribution in [0, 0.1) is 0 Å². The second kappa shape index (κ2) is 18.4. The van der Waals surface area contributed by atoms with E-state index in [2.05, 4.69) is 12.2 Å². The van der Waals surface area contributed by atoms with Crippen molar-refractivity contribution < 1.29 is 40.6 Å². The predicted octanol–water partition coefficient (Wildman–Crippen LogP) is 11.9. The highest BCUT2D eigenvalue weighted by atomic mass is 19.4. The molecule has 0 aliphatic rings. The first-order valence-electron chi connectivity index (χ1n) is 18.4. The first-order valence-corrected chi connectivity index (χ1v) is 18.4. The summed E-state index contributed by atoms with van der Waals surface area (Å²) in [6, 6.07) is 21.9. The number of carbonyl (C=O) groups excluding carboxylic acids is 1. The van der Waals surface area contributed by atoms with E-state index in [-0.39, 0.29) is 29.9 Å². The van der Waals surface area contributed by atoms with E-state index < -0.39 is 23.5 Å². The summed E-state index contributed by atoms with van der Waals surface area (Å²) in [7, 11) is 3.01. The Morgan fingerprint density at radius 2 is 1.16 bits per heavy atom. The molecular weight excluding hydrogens is 720 g/mol. The first-order chi connectivity index (χ1) is 26.3. The van der Waals surface area contributed by atoms with Gasteiger partial charge in [-0.1, -0.05) is 64.0 Å². The Morgan fingerprint density at radius 1 is 0.655 bits per heavy atom. The molecule has 5 aromatic rings. The summed E-state index contributed by atoms with van der Waals surface area (Å²) in [5, 5.41) is 2.96. The zero-order chi connectivity index (χ0) is 39.6. The van der Waals surface area contributed by atoms with Crippen molar-refractivity contribution >= 4 is 5.91 Å². The number of hydrogen-bond acceptors (Lipinski definition) is 4. The van der Waals surface area contributed by atoms with E-state index >= 15 is 0 Å². The van der Waals surface area contributed by atoms with Crippen LogP contribution in [0.2, 0.25) is 0 Å². The summed E-state index contributed by atoms with van der Waals surface area (Å²) in [5.41, 5.74) is -0.297. The summed E-state index contributed by atoms with van der Waals surface area (Å²) >= 11 is 0. The summed E-state index contributed by atoms with van der Waals surface area (Å²) < 4.78 is 96.8. The van der Waals surface area contributed by atoms with E-state index in [0.717, 1.165) is 19.3 Å². The van der Waals surface area contributed by atoms with E-state index in [1.54, 1.807) is 77.4 Å². The monoisotopic (exact) mass is 765 g/mol. The van der Waals surface area contributed by atoms with Crippen LogP contribution in [0.25, 0.3) is 33.9 Å². The molecule has 0 radical (unpaired) electrons. The molecule has 0 spiro atoms. The summed E-state index contributed by atoms with van der Waals surface area (Å²) in [4.78, 5) is 17.7. The number of carbonyl (C=O) groups is 1. The van der Waals surface area contributed by atoms with Gasteiger partial charge in [0, 0.05) is 35.3 Å². The maximum atomic E-state index is 14.1. The Balaban J connectivity index is 1.55. The smallest absolute Gasteiger partial charge is 0.416 e. The number of benzene rings is 4.